The van der Waals surface area contributed by atoms with Gasteiger partial charge in [-0.3, -0.25) is 0 Å². The Morgan fingerprint density at radius 1 is 1.32 bits per heavy atom. The highest BCUT2D eigenvalue weighted by Gasteiger charge is 2.30. The van der Waals surface area contributed by atoms with Gasteiger partial charge in [-0.15, -0.1) is 11.3 Å². The van der Waals surface area contributed by atoms with E-state index in [4.69, 9.17) is 11.6 Å². The molecule has 0 saturated carbocycles. The molecule has 0 aliphatic carbocycles. The Kier molecular flexibility index (Phi) is 6.81. The fraction of sp³-hybridized carbons (Fsp3) is 0.375. The van der Waals surface area contributed by atoms with Gasteiger partial charge in [0.05, 0.1) is 35.5 Å². The van der Waals surface area contributed by atoms with Crippen LogP contribution in [0.15, 0.2) is 28.7 Å². The predicted octanol–water partition coefficient (Wildman–Crippen LogP) is 4.43. The van der Waals surface area contributed by atoms with Gasteiger partial charge in [0.1, 0.15) is 5.82 Å². The number of hydrogen-bond acceptors (Lipinski definition) is 4. The third kappa shape index (κ3) is 4.88. The number of thiophene rings is 1. The summed E-state index contributed by atoms with van der Waals surface area (Å²) in [7, 11) is -1.49. The zero-order valence-electron chi connectivity index (χ0n) is 13.7. The van der Waals surface area contributed by atoms with Gasteiger partial charge in [0, 0.05) is 0 Å². The van der Waals surface area contributed by atoms with Crippen LogP contribution < -0.4 is 4.72 Å². The maximum Gasteiger partial charge on any atom is 0.188 e. The van der Waals surface area contributed by atoms with Crippen molar-refractivity contribution in [1.29, 1.82) is 0 Å². The Labute approximate surface area is 165 Å². The average Bonchev–Trinajstić information content (AvgIpc) is 2.89. The number of aliphatic hydroxyl groups excluding tert-OH is 1. The summed E-state index contributed by atoms with van der Waals surface area (Å²) >= 11 is 10.3. The minimum atomic E-state index is -1.74. The molecule has 0 saturated heterocycles. The lowest BCUT2D eigenvalue weighted by atomic mass is 10.00. The molecule has 138 valence electrons. The molecule has 0 aliphatic heterocycles. The summed E-state index contributed by atoms with van der Waals surface area (Å²) in [6, 6.07) is 5.33. The maximum atomic E-state index is 14.0. The predicted molar refractivity (Wildman–Crippen MR) is 103 cm³/mol. The molecule has 1 aromatic heterocycles. The second-order valence-corrected chi connectivity index (χ2v) is 10.8. The van der Waals surface area contributed by atoms with E-state index in [0.717, 1.165) is 11.3 Å². The molecule has 0 bridgehead atoms. The van der Waals surface area contributed by atoms with Crippen molar-refractivity contribution in [2.45, 2.75) is 37.9 Å². The molecule has 1 aromatic carbocycles. The normalized spacial score (nSPS) is 14.8. The smallest absolute Gasteiger partial charge is 0.188 e. The summed E-state index contributed by atoms with van der Waals surface area (Å²) in [5.74, 6) is -0.474. The van der Waals surface area contributed by atoms with Crippen molar-refractivity contribution in [2.75, 3.05) is 0 Å². The van der Waals surface area contributed by atoms with Gasteiger partial charge < -0.3 is 10.2 Å². The molecule has 9 heteroatoms. The van der Waals surface area contributed by atoms with Gasteiger partial charge in [-0.05, 0) is 60.0 Å². The first kappa shape index (κ1) is 21.0. The lowest BCUT2D eigenvalue weighted by Gasteiger charge is -2.26. The topological polar surface area (TPSA) is 69.6 Å². The van der Waals surface area contributed by atoms with Gasteiger partial charge in [0.15, 0.2) is 6.29 Å². The van der Waals surface area contributed by atoms with Gasteiger partial charge in [-0.1, -0.05) is 23.7 Å². The highest BCUT2D eigenvalue weighted by Crippen LogP contribution is 2.39. The molecule has 3 N–H and O–H groups in total. The van der Waals surface area contributed by atoms with E-state index in [-0.39, 0.29) is 9.35 Å². The minimum absolute atomic E-state index is 0.208. The zero-order chi connectivity index (χ0) is 18.9. The van der Waals surface area contributed by atoms with Crippen LogP contribution >= 0.6 is 38.9 Å². The quantitative estimate of drug-likeness (QED) is 0.566. The van der Waals surface area contributed by atoms with Crippen LogP contribution in [0.1, 0.15) is 49.1 Å². The summed E-state index contributed by atoms with van der Waals surface area (Å²) < 4.78 is 29.6. The van der Waals surface area contributed by atoms with Crippen molar-refractivity contribution >= 4 is 49.9 Å². The van der Waals surface area contributed by atoms with Crippen molar-refractivity contribution in [3.05, 3.63) is 54.9 Å². The van der Waals surface area contributed by atoms with Gasteiger partial charge in [-0.2, -0.15) is 0 Å². The molecule has 4 nitrogen and oxygen atoms in total. The molecular formula is C16H18BrClFNO3S2. The van der Waals surface area contributed by atoms with Gasteiger partial charge in [0.25, 0.3) is 0 Å². The lowest BCUT2D eigenvalue weighted by molar-refractivity contribution is -0.0402. The second kappa shape index (κ2) is 8.12. The van der Waals surface area contributed by atoms with Crippen LogP contribution in [0.3, 0.4) is 0 Å². The largest absolute Gasteiger partial charge is 0.364 e. The standard InChI is InChI=1S/C16H18BrClFNO3S2/c1-16(2,3)25(23)20-13(8-5-4-6-10(19)12(8)17)9-7-11(18)24-14(9)15(21)22/h4-7,13,15,20-22H,1-3H3/t13-,25?/m0/s1. The van der Waals surface area contributed by atoms with Gasteiger partial charge in [0.2, 0.25) is 0 Å². The molecular weight excluding hydrogens is 453 g/mol. The molecule has 1 unspecified atom stereocenters. The summed E-state index contributed by atoms with van der Waals surface area (Å²) in [6.07, 6.45) is -1.74. The van der Waals surface area contributed by atoms with Crippen LogP contribution in [0.2, 0.25) is 4.34 Å². The first-order chi connectivity index (χ1) is 11.5. The summed E-state index contributed by atoms with van der Waals surface area (Å²) in [5, 5.41) is 19.3. The second-order valence-electron chi connectivity index (χ2n) is 6.32. The van der Waals surface area contributed by atoms with E-state index in [0.29, 0.717) is 15.5 Å². The summed E-state index contributed by atoms with van der Waals surface area (Å²) in [6.45, 7) is 5.41. The molecule has 0 radical (unpaired) electrons. The van der Waals surface area contributed by atoms with E-state index >= 15 is 0 Å². The molecule has 0 amide bonds. The molecule has 2 rings (SSSR count). The van der Waals surface area contributed by atoms with Crippen molar-refractivity contribution < 1.29 is 18.8 Å². The highest BCUT2D eigenvalue weighted by atomic mass is 79.9. The number of nitrogens with one attached hydrogen (secondary N) is 1. The van der Waals surface area contributed by atoms with Gasteiger partial charge in [-0.25, -0.2) is 13.3 Å². The molecule has 2 atom stereocenters. The van der Waals surface area contributed by atoms with Crippen LogP contribution in [0, 0.1) is 5.82 Å². The fourth-order valence-corrected chi connectivity index (χ4v) is 4.61. The number of benzene rings is 1. The minimum Gasteiger partial charge on any atom is -0.364 e. The molecule has 0 spiro atoms. The molecule has 0 aliphatic rings. The van der Waals surface area contributed by atoms with Crippen LogP contribution in [0.5, 0.6) is 0 Å². The Hall–Kier alpha value is -0.350. The molecule has 2 aromatic rings. The number of rotatable bonds is 5. The average molecular weight is 471 g/mol. The molecule has 0 fully saturated rings. The Bertz CT molecular complexity index is 792. The van der Waals surface area contributed by atoms with Crippen molar-refractivity contribution in [3.63, 3.8) is 0 Å². The first-order valence-corrected chi connectivity index (χ1v) is 10.4. The van der Waals surface area contributed by atoms with Crippen molar-refractivity contribution in [3.8, 4) is 0 Å². The Morgan fingerprint density at radius 3 is 2.52 bits per heavy atom. The zero-order valence-corrected chi connectivity index (χ0v) is 17.7. The summed E-state index contributed by atoms with van der Waals surface area (Å²) in [4.78, 5) is 0.213. The van der Waals surface area contributed by atoms with E-state index < -0.39 is 33.9 Å². The third-order valence-electron chi connectivity index (χ3n) is 3.38. The number of hydrogen-bond donors (Lipinski definition) is 3. The van der Waals surface area contributed by atoms with E-state index in [1.165, 1.54) is 12.1 Å². The van der Waals surface area contributed by atoms with E-state index in [1.807, 2.05) is 0 Å². The maximum absolute atomic E-state index is 14.0. The van der Waals surface area contributed by atoms with Gasteiger partial charge >= 0.3 is 0 Å². The Morgan fingerprint density at radius 2 is 1.96 bits per heavy atom. The fourth-order valence-electron chi connectivity index (χ4n) is 2.14. The van der Waals surface area contributed by atoms with E-state index in [2.05, 4.69) is 20.7 Å². The monoisotopic (exact) mass is 469 g/mol. The number of halogens is 3. The van der Waals surface area contributed by atoms with Crippen molar-refractivity contribution in [2.24, 2.45) is 0 Å². The SMILES string of the molecule is CC(C)(C)S(=O)N[C@H](c1cc(Cl)sc1C(O)O)c1cccc(F)c1Br. The third-order valence-corrected chi connectivity index (χ3v) is 7.10. The van der Waals surface area contributed by atoms with E-state index in [1.54, 1.807) is 32.9 Å². The Balaban J connectivity index is 2.61. The van der Waals surface area contributed by atoms with Crippen LogP contribution in [0.4, 0.5) is 4.39 Å². The molecule has 1 heterocycles. The molecule has 25 heavy (non-hydrogen) atoms. The van der Waals surface area contributed by atoms with Crippen LogP contribution in [0.25, 0.3) is 0 Å². The first-order valence-electron chi connectivity index (χ1n) is 7.29. The van der Waals surface area contributed by atoms with Crippen molar-refractivity contribution in [1.82, 2.24) is 4.72 Å². The van der Waals surface area contributed by atoms with Crippen LogP contribution in [-0.4, -0.2) is 19.2 Å². The highest BCUT2D eigenvalue weighted by molar-refractivity contribution is 9.10. The number of aliphatic hydroxyl groups is 2. The van der Waals surface area contributed by atoms with Crippen LogP contribution in [-0.2, 0) is 11.0 Å². The van der Waals surface area contributed by atoms with E-state index in [9.17, 15) is 18.8 Å². The summed E-state index contributed by atoms with van der Waals surface area (Å²) in [5.41, 5.74) is 0.919. The lowest BCUT2D eigenvalue weighted by Crippen LogP contribution is -2.36.